The Morgan fingerprint density at radius 1 is 1.12 bits per heavy atom. The van der Waals surface area contributed by atoms with Gasteiger partial charge < -0.3 is 15.0 Å². The van der Waals surface area contributed by atoms with E-state index in [0.29, 0.717) is 34.7 Å². The van der Waals surface area contributed by atoms with E-state index in [9.17, 15) is 8.42 Å². The van der Waals surface area contributed by atoms with Gasteiger partial charge in [0.25, 0.3) is 0 Å². The lowest BCUT2D eigenvalue weighted by molar-refractivity contribution is 0.221. The molecule has 2 aliphatic carbocycles. The number of ether oxygens (including phenoxy) is 1. The molecule has 2 aliphatic rings. The van der Waals surface area contributed by atoms with Crippen LogP contribution in [0.2, 0.25) is 0 Å². The van der Waals surface area contributed by atoms with E-state index in [2.05, 4.69) is 39.0 Å². The summed E-state index contributed by atoms with van der Waals surface area (Å²) in [5.41, 5.74) is 2.44. The van der Waals surface area contributed by atoms with Crippen LogP contribution in [0.15, 0.2) is 54.3 Å². The Balaban J connectivity index is 1.37. The fourth-order valence-corrected chi connectivity index (χ4v) is 6.93. The number of anilines is 2. The zero-order chi connectivity index (χ0) is 29.4. The molecule has 0 radical (unpaired) electrons. The molecule has 9 nitrogen and oxygen atoms in total. The predicted molar refractivity (Wildman–Crippen MR) is 161 cm³/mol. The molecule has 2 N–H and O–H groups in total. The van der Waals surface area contributed by atoms with Gasteiger partial charge in [0.05, 0.1) is 12.6 Å². The molecule has 0 aliphatic heterocycles. The number of hydrogen-bond donors (Lipinski definition) is 2. The molecule has 3 aromatic rings. The van der Waals surface area contributed by atoms with Crippen molar-refractivity contribution in [1.29, 1.82) is 0 Å². The van der Waals surface area contributed by atoms with Gasteiger partial charge in [-0.2, -0.15) is 4.98 Å². The number of fused-ring (bicyclic) bond motifs is 1. The molecule has 41 heavy (non-hydrogen) atoms. The van der Waals surface area contributed by atoms with Crippen LogP contribution in [0.25, 0.3) is 22.0 Å². The van der Waals surface area contributed by atoms with Crippen molar-refractivity contribution in [2.24, 2.45) is 0 Å². The first-order chi connectivity index (χ1) is 19.5. The van der Waals surface area contributed by atoms with E-state index in [1.807, 2.05) is 24.3 Å². The highest BCUT2D eigenvalue weighted by Crippen LogP contribution is 2.37. The number of nitrogens with zero attached hydrogens (tertiary/aromatic N) is 4. The molecular weight excluding hydrogens is 543 g/mol. The number of allylic oxidation sites excluding steroid dienone is 3. The maximum Gasteiger partial charge on any atom is 0.243 e. The van der Waals surface area contributed by atoms with Gasteiger partial charge in [0.1, 0.15) is 4.75 Å². The number of sulfonamides is 1. The molecule has 0 bridgehead atoms. The minimum Gasteiger partial charge on any atom is -0.480 e. The Morgan fingerprint density at radius 2 is 1.88 bits per heavy atom. The molecule has 5 rings (SSSR count). The Kier molecular flexibility index (Phi) is 8.02. The van der Waals surface area contributed by atoms with Crippen molar-refractivity contribution in [3.63, 3.8) is 0 Å². The lowest BCUT2D eigenvalue weighted by atomic mass is 9.91. The summed E-state index contributed by atoms with van der Waals surface area (Å²) in [6.07, 6.45) is 11.8. The molecule has 1 fully saturated rings. The van der Waals surface area contributed by atoms with Crippen molar-refractivity contribution < 1.29 is 17.5 Å². The summed E-state index contributed by atoms with van der Waals surface area (Å²) in [5, 5.41) is 4.25. The molecule has 2 aromatic heterocycles. The van der Waals surface area contributed by atoms with Crippen LogP contribution in [0.4, 0.5) is 16.2 Å². The first kappa shape index (κ1) is 28.9. The van der Waals surface area contributed by atoms with Crippen molar-refractivity contribution in [2.75, 3.05) is 31.2 Å². The summed E-state index contributed by atoms with van der Waals surface area (Å²) in [7, 11) is 1.66. The second-order valence-corrected chi connectivity index (χ2v) is 13.4. The molecular formula is C30H37FN6O3S. The van der Waals surface area contributed by atoms with Crippen LogP contribution >= 0.6 is 0 Å². The first-order valence-corrected chi connectivity index (χ1v) is 15.3. The smallest absolute Gasteiger partial charge is 0.243 e. The summed E-state index contributed by atoms with van der Waals surface area (Å²) >= 11 is 0. The fourth-order valence-electron chi connectivity index (χ4n) is 5.50. The number of halogens is 1. The second-order valence-electron chi connectivity index (χ2n) is 11.3. The molecule has 2 heterocycles. The number of methoxy groups -OCH3 is 1. The Labute approximate surface area is 241 Å². The Morgan fingerprint density at radius 3 is 2.56 bits per heavy atom. The van der Waals surface area contributed by atoms with E-state index in [1.54, 1.807) is 32.2 Å². The summed E-state index contributed by atoms with van der Waals surface area (Å²) < 4.78 is 48.5. The van der Waals surface area contributed by atoms with E-state index < -0.39 is 26.4 Å². The number of hydrogen-bond acceptors (Lipinski definition) is 8. The fraction of sp³-hybridized carbons (Fsp3) is 0.433. The number of benzene rings is 1. The van der Waals surface area contributed by atoms with Gasteiger partial charge in [-0.25, -0.2) is 22.8 Å². The standard InChI is InChI=1S/C30H37FN6O3S/c1-19-8-6-7-15-30(19,2)41(38,39)36-27-25(31)17-24(28(35-27)40-5)20-9-14-26-21(16-20)18-32-29(34-26)33-22-10-12-23(13-11-22)37(3)4/h6-9,14,16-18,22-23H,10-13,15H2,1-5H3,(H,35,36)(H,32,33,34). The van der Waals surface area contributed by atoms with Crippen molar-refractivity contribution in [3.8, 4) is 17.0 Å². The maximum atomic E-state index is 15.3. The van der Waals surface area contributed by atoms with Gasteiger partial charge in [-0.3, -0.25) is 4.72 Å². The third-order valence-electron chi connectivity index (χ3n) is 8.43. The summed E-state index contributed by atoms with van der Waals surface area (Å²) in [6.45, 7) is 3.36. The van der Waals surface area contributed by atoms with Gasteiger partial charge in [0.2, 0.25) is 21.9 Å². The minimum absolute atomic E-state index is 0.0944. The third kappa shape index (κ3) is 5.78. The van der Waals surface area contributed by atoms with Crippen LogP contribution in [-0.4, -0.2) is 66.3 Å². The molecule has 1 aromatic carbocycles. The van der Waals surface area contributed by atoms with Gasteiger partial charge >= 0.3 is 0 Å². The SMILES string of the molecule is COc1nc(NS(=O)(=O)C2(C)CC=CC=C2C)c(F)cc1-c1ccc2nc(NC3CCC(N(C)C)CC3)ncc2c1. The van der Waals surface area contributed by atoms with Crippen molar-refractivity contribution in [1.82, 2.24) is 19.9 Å². The van der Waals surface area contributed by atoms with E-state index >= 15 is 4.39 Å². The molecule has 218 valence electrons. The molecule has 0 saturated heterocycles. The Bertz CT molecular complexity index is 1620. The zero-order valence-corrected chi connectivity index (χ0v) is 24.9. The topological polar surface area (TPSA) is 109 Å². The van der Waals surface area contributed by atoms with E-state index in [4.69, 9.17) is 9.72 Å². The van der Waals surface area contributed by atoms with Gasteiger partial charge in [-0.15, -0.1) is 0 Å². The average molecular weight is 581 g/mol. The van der Waals surface area contributed by atoms with Crippen LogP contribution in [-0.2, 0) is 10.0 Å². The molecule has 0 spiro atoms. The van der Waals surface area contributed by atoms with Crippen LogP contribution < -0.4 is 14.8 Å². The highest BCUT2D eigenvalue weighted by molar-refractivity contribution is 7.94. The molecule has 11 heteroatoms. The van der Waals surface area contributed by atoms with Crippen LogP contribution in [0, 0.1) is 5.82 Å². The molecule has 1 unspecified atom stereocenters. The van der Waals surface area contributed by atoms with Gasteiger partial charge in [0.15, 0.2) is 11.6 Å². The number of nitrogens with one attached hydrogen (secondary N) is 2. The summed E-state index contributed by atoms with van der Waals surface area (Å²) in [6, 6.07) is 7.70. The largest absolute Gasteiger partial charge is 0.480 e. The van der Waals surface area contributed by atoms with E-state index in [1.165, 1.54) is 13.2 Å². The highest BCUT2D eigenvalue weighted by atomic mass is 32.2. The monoisotopic (exact) mass is 580 g/mol. The van der Waals surface area contributed by atoms with Crippen LogP contribution in [0.1, 0.15) is 46.0 Å². The number of pyridine rings is 1. The quantitative estimate of drug-likeness (QED) is 0.358. The first-order valence-electron chi connectivity index (χ1n) is 13.8. The zero-order valence-electron chi connectivity index (χ0n) is 24.1. The summed E-state index contributed by atoms with van der Waals surface area (Å²) in [4.78, 5) is 15.7. The predicted octanol–water partition coefficient (Wildman–Crippen LogP) is 5.53. The molecule has 0 amide bonds. The minimum atomic E-state index is -4.01. The van der Waals surface area contributed by atoms with Gasteiger partial charge in [-0.05, 0) is 83.8 Å². The number of rotatable bonds is 8. The van der Waals surface area contributed by atoms with E-state index in [0.717, 1.165) is 36.6 Å². The van der Waals surface area contributed by atoms with Crippen molar-refractivity contribution >= 4 is 32.7 Å². The van der Waals surface area contributed by atoms with Gasteiger partial charge in [0, 0.05) is 29.2 Å². The lowest BCUT2D eigenvalue weighted by Gasteiger charge is -2.32. The average Bonchev–Trinajstić information content (AvgIpc) is 2.95. The number of aromatic nitrogens is 3. The molecule has 1 atom stereocenters. The second kappa shape index (κ2) is 11.4. The molecule has 1 saturated carbocycles. The lowest BCUT2D eigenvalue weighted by Crippen LogP contribution is -2.41. The van der Waals surface area contributed by atoms with Crippen molar-refractivity contribution in [2.45, 2.75) is 62.8 Å². The van der Waals surface area contributed by atoms with Gasteiger partial charge in [-0.1, -0.05) is 29.9 Å². The normalized spacial score (nSPS) is 23.0. The Hall–Kier alpha value is -3.57. The summed E-state index contributed by atoms with van der Waals surface area (Å²) in [5.74, 6) is -0.529. The van der Waals surface area contributed by atoms with Crippen LogP contribution in [0.5, 0.6) is 5.88 Å². The van der Waals surface area contributed by atoms with Crippen molar-refractivity contribution in [3.05, 3.63) is 60.1 Å². The maximum absolute atomic E-state index is 15.3. The highest BCUT2D eigenvalue weighted by Gasteiger charge is 2.41. The third-order valence-corrected chi connectivity index (χ3v) is 10.6. The van der Waals surface area contributed by atoms with Crippen LogP contribution in [0.3, 0.4) is 0 Å². The van der Waals surface area contributed by atoms with E-state index in [-0.39, 0.29) is 12.3 Å².